The smallest absolute Gasteiger partial charge is 0.328 e. The van der Waals surface area contributed by atoms with Gasteiger partial charge in [-0.1, -0.05) is 13.8 Å². The zero-order chi connectivity index (χ0) is 12.1. The van der Waals surface area contributed by atoms with E-state index in [1.807, 2.05) is 13.8 Å². The van der Waals surface area contributed by atoms with Gasteiger partial charge in [0.1, 0.15) is 6.04 Å². The fourth-order valence-electron chi connectivity index (χ4n) is 1.30. The van der Waals surface area contributed by atoms with Crippen LogP contribution in [0, 0.1) is 11.9 Å². The predicted octanol–water partition coefficient (Wildman–Crippen LogP) is 1.83. The second kappa shape index (κ2) is 5.44. The van der Waals surface area contributed by atoms with Gasteiger partial charge in [0, 0.05) is 18.0 Å². The molecule has 0 saturated heterocycles. The SMILES string of the molecule is COC(=O)C(Nc1ccnc(F)c1)C(C)C. The van der Waals surface area contributed by atoms with Gasteiger partial charge in [0.05, 0.1) is 7.11 Å². The highest BCUT2D eigenvalue weighted by Crippen LogP contribution is 2.13. The van der Waals surface area contributed by atoms with Crippen molar-refractivity contribution in [2.24, 2.45) is 5.92 Å². The van der Waals surface area contributed by atoms with Gasteiger partial charge in [0.15, 0.2) is 0 Å². The van der Waals surface area contributed by atoms with Gasteiger partial charge in [-0.05, 0) is 12.0 Å². The van der Waals surface area contributed by atoms with Crippen molar-refractivity contribution in [2.45, 2.75) is 19.9 Å². The minimum atomic E-state index is -0.586. The van der Waals surface area contributed by atoms with E-state index in [1.54, 1.807) is 6.07 Å². The van der Waals surface area contributed by atoms with Gasteiger partial charge in [-0.3, -0.25) is 0 Å². The predicted molar refractivity (Wildman–Crippen MR) is 58.5 cm³/mol. The number of hydrogen-bond acceptors (Lipinski definition) is 4. The van der Waals surface area contributed by atoms with E-state index in [9.17, 15) is 9.18 Å². The number of aromatic nitrogens is 1. The van der Waals surface area contributed by atoms with Crippen LogP contribution >= 0.6 is 0 Å². The largest absolute Gasteiger partial charge is 0.467 e. The number of rotatable bonds is 4. The fourth-order valence-corrected chi connectivity index (χ4v) is 1.30. The van der Waals surface area contributed by atoms with Crippen molar-refractivity contribution in [3.63, 3.8) is 0 Å². The second-order valence-corrected chi connectivity index (χ2v) is 3.76. The summed E-state index contributed by atoms with van der Waals surface area (Å²) in [7, 11) is 1.33. The van der Waals surface area contributed by atoms with Gasteiger partial charge in [0.25, 0.3) is 0 Å². The number of hydrogen-bond donors (Lipinski definition) is 1. The maximum absolute atomic E-state index is 12.8. The van der Waals surface area contributed by atoms with E-state index in [1.165, 1.54) is 19.4 Å². The highest BCUT2D eigenvalue weighted by Gasteiger charge is 2.22. The fraction of sp³-hybridized carbons (Fsp3) is 0.455. The van der Waals surface area contributed by atoms with Crippen LogP contribution in [-0.2, 0) is 9.53 Å². The van der Waals surface area contributed by atoms with E-state index >= 15 is 0 Å². The van der Waals surface area contributed by atoms with Crippen LogP contribution in [0.4, 0.5) is 10.1 Å². The van der Waals surface area contributed by atoms with Gasteiger partial charge >= 0.3 is 5.97 Å². The molecule has 1 aromatic rings. The number of halogens is 1. The normalized spacial score (nSPS) is 12.3. The lowest BCUT2D eigenvalue weighted by molar-refractivity contribution is -0.142. The molecule has 0 aromatic carbocycles. The van der Waals surface area contributed by atoms with Gasteiger partial charge in [0.2, 0.25) is 5.95 Å². The van der Waals surface area contributed by atoms with E-state index in [2.05, 4.69) is 15.0 Å². The Hall–Kier alpha value is -1.65. The third-order valence-corrected chi connectivity index (χ3v) is 2.17. The zero-order valence-corrected chi connectivity index (χ0v) is 9.53. The molecule has 1 atom stereocenters. The van der Waals surface area contributed by atoms with Crippen LogP contribution in [0.25, 0.3) is 0 Å². The summed E-state index contributed by atoms with van der Waals surface area (Å²) < 4.78 is 17.5. The standard InChI is InChI=1S/C11H15FN2O2/c1-7(2)10(11(15)16-3)14-8-4-5-13-9(12)6-8/h4-7,10H,1-3H3,(H,13,14). The van der Waals surface area contributed by atoms with Gasteiger partial charge in [-0.2, -0.15) is 4.39 Å². The Kier molecular flexibility index (Phi) is 4.22. The average molecular weight is 226 g/mol. The first-order chi connectivity index (χ1) is 7.54. The van der Waals surface area contributed by atoms with Crippen molar-refractivity contribution in [3.05, 3.63) is 24.3 Å². The number of nitrogens with one attached hydrogen (secondary N) is 1. The highest BCUT2D eigenvalue weighted by atomic mass is 19.1. The number of esters is 1. The van der Waals surface area contributed by atoms with E-state index in [0.717, 1.165) is 0 Å². The van der Waals surface area contributed by atoms with Crippen molar-refractivity contribution in [1.29, 1.82) is 0 Å². The summed E-state index contributed by atoms with van der Waals surface area (Å²) in [6.45, 7) is 3.76. The summed E-state index contributed by atoms with van der Waals surface area (Å²) in [6, 6.07) is 2.34. The molecular weight excluding hydrogens is 211 g/mol. The average Bonchev–Trinajstić information content (AvgIpc) is 2.24. The van der Waals surface area contributed by atoms with Crippen molar-refractivity contribution < 1.29 is 13.9 Å². The Balaban J connectivity index is 2.79. The molecule has 0 bridgehead atoms. The molecule has 0 aliphatic heterocycles. The lowest BCUT2D eigenvalue weighted by Gasteiger charge is -2.20. The molecule has 0 fully saturated rings. The Morgan fingerprint density at radius 1 is 1.56 bits per heavy atom. The first-order valence-corrected chi connectivity index (χ1v) is 5.00. The molecule has 0 aliphatic carbocycles. The van der Waals surface area contributed by atoms with E-state index in [4.69, 9.17) is 0 Å². The lowest BCUT2D eigenvalue weighted by Crippen LogP contribution is -2.35. The van der Waals surface area contributed by atoms with Crippen molar-refractivity contribution in [1.82, 2.24) is 4.98 Å². The zero-order valence-electron chi connectivity index (χ0n) is 9.53. The van der Waals surface area contributed by atoms with Crippen LogP contribution < -0.4 is 5.32 Å². The summed E-state index contributed by atoms with van der Waals surface area (Å²) in [5.74, 6) is -0.909. The molecule has 16 heavy (non-hydrogen) atoms. The maximum Gasteiger partial charge on any atom is 0.328 e. The number of methoxy groups -OCH3 is 1. The molecule has 0 saturated carbocycles. The lowest BCUT2D eigenvalue weighted by atomic mass is 10.0. The number of carbonyl (C=O) groups is 1. The van der Waals surface area contributed by atoms with Crippen LogP contribution in [0.5, 0.6) is 0 Å². The second-order valence-electron chi connectivity index (χ2n) is 3.76. The topological polar surface area (TPSA) is 51.2 Å². The Labute approximate surface area is 93.8 Å². The van der Waals surface area contributed by atoms with Crippen LogP contribution in [0.1, 0.15) is 13.8 Å². The number of ether oxygens (including phenoxy) is 1. The molecule has 88 valence electrons. The molecule has 1 heterocycles. The summed E-state index contributed by atoms with van der Waals surface area (Å²) in [4.78, 5) is 14.9. The summed E-state index contributed by atoms with van der Waals surface area (Å²) in [6.07, 6.45) is 1.34. The number of pyridine rings is 1. The molecule has 0 radical (unpaired) electrons. The van der Waals surface area contributed by atoms with Crippen LogP contribution in [0.15, 0.2) is 18.3 Å². The number of carbonyl (C=O) groups excluding carboxylic acids is 1. The molecule has 4 nitrogen and oxygen atoms in total. The molecule has 5 heteroatoms. The van der Waals surface area contributed by atoms with Crippen molar-refractivity contribution >= 4 is 11.7 Å². The van der Waals surface area contributed by atoms with Gasteiger partial charge in [-0.15, -0.1) is 0 Å². The van der Waals surface area contributed by atoms with E-state index in [-0.39, 0.29) is 11.9 Å². The van der Waals surface area contributed by atoms with E-state index < -0.39 is 12.0 Å². The minimum absolute atomic E-state index is 0.0451. The van der Waals surface area contributed by atoms with Crippen LogP contribution in [0.3, 0.4) is 0 Å². The van der Waals surface area contributed by atoms with Gasteiger partial charge in [-0.25, -0.2) is 9.78 Å². The third-order valence-electron chi connectivity index (χ3n) is 2.17. The quantitative estimate of drug-likeness (QED) is 0.628. The first kappa shape index (κ1) is 12.4. The third kappa shape index (κ3) is 3.18. The van der Waals surface area contributed by atoms with Crippen molar-refractivity contribution in [3.8, 4) is 0 Å². The Morgan fingerprint density at radius 3 is 2.75 bits per heavy atom. The van der Waals surface area contributed by atoms with E-state index in [0.29, 0.717) is 5.69 Å². The Bertz CT molecular complexity index is 369. The summed E-state index contributed by atoms with van der Waals surface area (Å²) >= 11 is 0. The highest BCUT2D eigenvalue weighted by molar-refractivity contribution is 5.79. The monoisotopic (exact) mass is 226 g/mol. The van der Waals surface area contributed by atoms with Crippen LogP contribution in [0.2, 0.25) is 0 Å². The molecule has 0 spiro atoms. The Morgan fingerprint density at radius 2 is 2.25 bits per heavy atom. The van der Waals surface area contributed by atoms with Gasteiger partial charge < -0.3 is 10.1 Å². The molecule has 0 amide bonds. The molecule has 0 aliphatic rings. The molecular formula is C11H15FN2O2. The summed E-state index contributed by atoms with van der Waals surface area (Å²) in [5.41, 5.74) is 0.511. The maximum atomic E-state index is 12.8. The van der Waals surface area contributed by atoms with Crippen LogP contribution in [-0.4, -0.2) is 24.1 Å². The van der Waals surface area contributed by atoms with Crippen molar-refractivity contribution in [2.75, 3.05) is 12.4 Å². The molecule has 1 aromatic heterocycles. The minimum Gasteiger partial charge on any atom is -0.467 e. The number of anilines is 1. The number of nitrogens with zero attached hydrogens (tertiary/aromatic N) is 1. The molecule has 1 N–H and O–H groups in total. The first-order valence-electron chi connectivity index (χ1n) is 5.00. The summed E-state index contributed by atoms with van der Waals surface area (Å²) in [5, 5.41) is 2.92. The molecule has 1 unspecified atom stereocenters. The molecule has 1 rings (SSSR count).